The number of hydrogen-bond donors (Lipinski definition) is 0. The van der Waals surface area contributed by atoms with Crippen LogP contribution in [0.1, 0.15) is 0 Å². The number of fused-ring (bicyclic) bond motifs is 12. The van der Waals surface area contributed by atoms with Gasteiger partial charge in [-0.15, -0.1) is 0 Å². The molecule has 0 aliphatic rings. The number of para-hydroxylation sites is 3. The lowest BCUT2D eigenvalue weighted by atomic mass is 9.91. The van der Waals surface area contributed by atoms with Gasteiger partial charge in [-0.3, -0.25) is 0 Å². The molecule has 13 aromatic rings. The second-order valence-corrected chi connectivity index (χ2v) is 15.9. The number of furan rings is 1. The van der Waals surface area contributed by atoms with Crippen molar-refractivity contribution in [1.82, 2.24) is 19.5 Å². The lowest BCUT2D eigenvalue weighted by Crippen LogP contribution is -2.00. The van der Waals surface area contributed by atoms with Crippen LogP contribution in [-0.2, 0) is 0 Å². The summed E-state index contributed by atoms with van der Waals surface area (Å²) >= 11 is 0. The molecule has 0 aliphatic carbocycles. The second kappa shape index (κ2) is 13.6. The fourth-order valence-electron chi connectivity index (χ4n) is 9.58. The standard InChI is InChI=1S/C57H34N4O/c1-3-14-35(15-4-1)55-58-56(60-57(59-55)46-22-13-24-51-54(46)45-21-9-11-23-50(45)61(51)39-16-5-2-6-17-39)38-27-30-42-40-18-7-8-19-41(40)47-32-36(26-29-43(47)48(42)34-38)37-28-31-53-49(33-37)44-20-10-12-25-52(44)62-53/h1-34H. The van der Waals surface area contributed by atoms with Crippen molar-refractivity contribution in [3.05, 3.63) is 206 Å². The predicted molar refractivity (Wildman–Crippen MR) is 256 cm³/mol. The van der Waals surface area contributed by atoms with Gasteiger partial charge in [-0.2, -0.15) is 0 Å². The summed E-state index contributed by atoms with van der Waals surface area (Å²) in [5.74, 6) is 1.88. The molecule has 13 rings (SSSR count). The van der Waals surface area contributed by atoms with Crippen LogP contribution < -0.4 is 0 Å². The van der Waals surface area contributed by atoms with Crippen LogP contribution in [0.4, 0.5) is 0 Å². The third-order valence-corrected chi connectivity index (χ3v) is 12.4. The Balaban J connectivity index is 1.02. The molecule has 0 bridgehead atoms. The Morgan fingerprint density at radius 1 is 0.306 bits per heavy atom. The Kier molecular flexibility index (Phi) is 7.54. The van der Waals surface area contributed by atoms with Crippen molar-refractivity contribution in [2.75, 3.05) is 0 Å². The summed E-state index contributed by atoms with van der Waals surface area (Å²) in [4.78, 5) is 15.8. The molecule has 62 heavy (non-hydrogen) atoms. The molecule has 0 atom stereocenters. The van der Waals surface area contributed by atoms with E-state index in [0.717, 1.165) is 82.6 Å². The van der Waals surface area contributed by atoms with Gasteiger partial charge in [-0.1, -0.05) is 152 Å². The third-order valence-electron chi connectivity index (χ3n) is 12.4. The summed E-state index contributed by atoms with van der Waals surface area (Å²) in [7, 11) is 0. The van der Waals surface area contributed by atoms with Crippen molar-refractivity contribution in [1.29, 1.82) is 0 Å². The van der Waals surface area contributed by atoms with E-state index in [2.05, 4.69) is 180 Å². The molecule has 0 fully saturated rings. The third kappa shape index (κ3) is 5.32. The normalized spacial score (nSPS) is 11.9. The highest BCUT2D eigenvalue weighted by atomic mass is 16.3. The molecule has 5 nitrogen and oxygen atoms in total. The number of rotatable bonds is 5. The number of nitrogens with zero attached hydrogens (tertiary/aromatic N) is 4. The molecule has 10 aromatic carbocycles. The molecular formula is C57H34N4O. The minimum Gasteiger partial charge on any atom is -0.456 e. The van der Waals surface area contributed by atoms with Crippen LogP contribution in [0.3, 0.4) is 0 Å². The van der Waals surface area contributed by atoms with Crippen LogP contribution in [0.25, 0.3) is 127 Å². The first-order chi connectivity index (χ1) is 30.7. The quantitative estimate of drug-likeness (QED) is 0.163. The van der Waals surface area contributed by atoms with Crippen LogP contribution in [0.2, 0.25) is 0 Å². The van der Waals surface area contributed by atoms with Crippen molar-refractivity contribution < 1.29 is 4.42 Å². The van der Waals surface area contributed by atoms with Gasteiger partial charge < -0.3 is 8.98 Å². The van der Waals surface area contributed by atoms with Crippen LogP contribution in [0.5, 0.6) is 0 Å². The van der Waals surface area contributed by atoms with E-state index in [9.17, 15) is 0 Å². The van der Waals surface area contributed by atoms with Crippen molar-refractivity contribution in [3.63, 3.8) is 0 Å². The van der Waals surface area contributed by atoms with Crippen LogP contribution >= 0.6 is 0 Å². The smallest absolute Gasteiger partial charge is 0.164 e. The molecule has 0 spiro atoms. The first-order valence-electron chi connectivity index (χ1n) is 20.9. The summed E-state index contributed by atoms with van der Waals surface area (Å²) in [6, 6.07) is 72.8. The number of benzene rings is 10. The average Bonchev–Trinajstić information content (AvgIpc) is 3.90. The van der Waals surface area contributed by atoms with Crippen molar-refractivity contribution >= 4 is 76.1 Å². The summed E-state index contributed by atoms with van der Waals surface area (Å²) < 4.78 is 8.50. The lowest BCUT2D eigenvalue weighted by molar-refractivity contribution is 0.669. The average molecular weight is 791 g/mol. The molecule has 0 amide bonds. The van der Waals surface area contributed by atoms with E-state index in [4.69, 9.17) is 19.4 Å². The van der Waals surface area contributed by atoms with E-state index in [1.54, 1.807) is 0 Å². The summed E-state index contributed by atoms with van der Waals surface area (Å²) in [6.07, 6.45) is 0. The molecule has 0 saturated carbocycles. The molecule has 0 radical (unpaired) electrons. The van der Waals surface area contributed by atoms with E-state index >= 15 is 0 Å². The topological polar surface area (TPSA) is 56.7 Å². The molecule has 0 saturated heterocycles. The Hall–Kier alpha value is -8.41. The fraction of sp³-hybridized carbons (Fsp3) is 0. The summed E-state index contributed by atoms with van der Waals surface area (Å²) in [6.45, 7) is 0. The number of aromatic nitrogens is 4. The van der Waals surface area contributed by atoms with Gasteiger partial charge in [-0.05, 0) is 98.0 Å². The van der Waals surface area contributed by atoms with Gasteiger partial charge in [0.1, 0.15) is 11.2 Å². The Labute approximate surface area is 355 Å². The van der Waals surface area contributed by atoms with Crippen LogP contribution in [0, 0.1) is 0 Å². The minimum atomic E-state index is 0.623. The zero-order valence-corrected chi connectivity index (χ0v) is 33.3. The molecule has 3 aromatic heterocycles. The maximum absolute atomic E-state index is 6.17. The number of hydrogen-bond acceptors (Lipinski definition) is 4. The zero-order valence-electron chi connectivity index (χ0n) is 33.3. The van der Waals surface area contributed by atoms with Gasteiger partial charge in [0.25, 0.3) is 0 Å². The van der Waals surface area contributed by atoms with Gasteiger partial charge in [0.05, 0.1) is 11.0 Å². The van der Waals surface area contributed by atoms with Crippen molar-refractivity contribution in [2.45, 2.75) is 0 Å². The fourth-order valence-corrected chi connectivity index (χ4v) is 9.58. The minimum absolute atomic E-state index is 0.623. The monoisotopic (exact) mass is 790 g/mol. The molecular weight excluding hydrogens is 757 g/mol. The Morgan fingerprint density at radius 3 is 1.61 bits per heavy atom. The lowest BCUT2D eigenvalue weighted by Gasteiger charge is -2.14. The van der Waals surface area contributed by atoms with E-state index in [1.807, 2.05) is 30.3 Å². The Morgan fingerprint density at radius 2 is 0.823 bits per heavy atom. The van der Waals surface area contributed by atoms with Gasteiger partial charge >= 0.3 is 0 Å². The van der Waals surface area contributed by atoms with E-state index in [0.29, 0.717) is 17.5 Å². The van der Waals surface area contributed by atoms with Crippen molar-refractivity contribution in [3.8, 4) is 51.0 Å². The predicted octanol–water partition coefficient (Wildman–Crippen LogP) is 15.0. The highest BCUT2D eigenvalue weighted by Gasteiger charge is 2.20. The van der Waals surface area contributed by atoms with E-state index in [1.165, 1.54) is 26.9 Å². The van der Waals surface area contributed by atoms with Crippen LogP contribution in [0.15, 0.2) is 211 Å². The molecule has 5 heteroatoms. The largest absolute Gasteiger partial charge is 0.456 e. The molecule has 3 heterocycles. The van der Waals surface area contributed by atoms with Crippen molar-refractivity contribution in [2.24, 2.45) is 0 Å². The van der Waals surface area contributed by atoms with E-state index in [-0.39, 0.29) is 0 Å². The first-order valence-corrected chi connectivity index (χ1v) is 20.9. The van der Waals surface area contributed by atoms with E-state index < -0.39 is 0 Å². The summed E-state index contributed by atoms with van der Waals surface area (Å²) in [5.41, 5.74) is 10.3. The maximum atomic E-state index is 6.17. The molecule has 0 aliphatic heterocycles. The first kappa shape index (κ1) is 34.5. The maximum Gasteiger partial charge on any atom is 0.164 e. The SMILES string of the molecule is c1ccc(-c2nc(-c3ccc4c5ccccc5c5cc(-c6ccc7oc8ccccc8c7c6)ccc5c4c3)nc(-c3cccc4c3c3ccccc3n4-c3ccccc3)n2)cc1. The highest BCUT2D eigenvalue weighted by Crippen LogP contribution is 2.42. The molecule has 288 valence electrons. The molecule has 0 unspecified atom stereocenters. The summed E-state index contributed by atoms with van der Waals surface area (Å²) in [5, 5.41) is 11.6. The van der Waals surface area contributed by atoms with Gasteiger partial charge in [0.15, 0.2) is 17.5 Å². The van der Waals surface area contributed by atoms with Crippen LogP contribution in [-0.4, -0.2) is 19.5 Å². The molecule has 0 N–H and O–H groups in total. The second-order valence-electron chi connectivity index (χ2n) is 15.9. The van der Waals surface area contributed by atoms with Gasteiger partial charge in [0.2, 0.25) is 0 Å². The van der Waals surface area contributed by atoms with Gasteiger partial charge in [-0.25, -0.2) is 15.0 Å². The Bertz CT molecular complexity index is 3920. The zero-order chi connectivity index (χ0) is 40.7. The highest BCUT2D eigenvalue weighted by molar-refractivity contribution is 6.26. The van der Waals surface area contributed by atoms with Gasteiger partial charge in [0, 0.05) is 43.9 Å².